The van der Waals surface area contributed by atoms with Crippen molar-refractivity contribution in [2.45, 2.75) is 44.9 Å². The van der Waals surface area contributed by atoms with Crippen LogP contribution in [0.5, 0.6) is 11.5 Å². The average Bonchev–Trinajstić information content (AvgIpc) is 3.10. The SMILES string of the molecule is CC1CCC(C)(C)c2cc3c(cc21)B1c2cc(-c4ccccc4)ccc2N(c2ccc(-c4ccccc4)cc2)c2cccc(c21)O3. The van der Waals surface area contributed by atoms with Crippen LogP contribution in [0.3, 0.4) is 0 Å². The van der Waals surface area contributed by atoms with Gasteiger partial charge in [-0.2, -0.15) is 0 Å². The molecule has 1 unspecified atom stereocenters. The molecule has 0 saturated heterocycles. The van der Waals surface area contributed by atoms with Crippen molar-refractivity contribution in [2.24, 2.45) is 0 Å². The first kappa shape index (κ1) is 27.3. The molecule has 2 heterocycles. The summed E-state index contributed by atoms with van der Waals surface area (Å²) in [5.41, 5.74) is 15.4. The lowest BCUT2D eigenvalue weighted by Gasteiger charge is -2.42. The quantitative estimate of drug-likeness (QED) is 0.189. The van der Waals surface area contributed by atoms with Gasteiger partial charge in [0.15, 0.2) is 0 Å². The first-order valence-corrected chi connectivity index (χ1v) is 16.6. The lowest BCUT2D eigenvalue weighted by Crippen LogP contribution is -2.59. The summed E-state index contributed by atoms with van der Waals surface area (Å²) in [5.74, 6) is 2.49. The molecular weight excluding hydrogens is 557 g/mol. The highest BCUT2D eigenvalue weighted by Crippen LogP contribution is 2.46. The van der Waals surface area contributed by atoms with Crippen LogP contribution in [-0.4, -0.2) is 6.71 Å². The Hall–Kier alpha value is -5.02. The van der Waals surface area contributed by atoms with Gasteiger partial charge in [-0.25, -0.2) is 0 Å². The lowest BCUT2D eigenvalue weighted by molar-refractivity contribution is 0.398. The first-order chi connectivity index (χ1) is 22.5. The molecule has 222 valence electrons. The minimum absolute atomic E-state index is 0.0796. The van der Waals surface area contributed by atoms with E-state index in [-0.39, 0.29) is 12.1 Å². The molecule has 6 aromatic rings. The molecular formula is C43H36BNO. The smallest absolute Gasteiger partial charge is 0.256 e. The lowest BCUT2D eigenvalue weighted by atomic mass is 9.33. The number of hydrogen-bond acceptors (Lipinski definition) is 2. The molecule has 0 amide bonds. The maximum Gasteiger partial charge on any atom is 0.256 e. The highest BCUT2D eigenvalue weighted by molar-refractivity contribution is 6.99. The minimum atomic E-state index is 0.0796. The van der Waals surface area contributed by atoms with Gasteiger partial charge in [-0.05, 0) is 110 Å². The van der Waals surface area contributed by atoms with Crippen LogP contribution in [-0.2, 0) is 5.41 Å². The molecule has 0 bridgehead atoms. The van der Waals surface area contributed by atoms with Gasteiger partial charge in [0.2, 0.25) is 0 Å². The van der Waals surface area contributed by atoms with E-state index in [0.29, 0.717) is 5.92 Å². The highest BCUT2D eigenvalue weighted by atomic mass is 16.5. The van der Waals surface area contributed by atoms with Gasteiger partial charge in [-0.3, -0.25) is 0 Å². The third kappa shape index (κ3) is 4.18. The Kier molecular flexibility index (Phi) is 6.09. The van der Waals surface area contributed by atoms with Crippen LogP contribution in [0.25, 0.3) is 22.3 Å². The number of hydrogen-bond donors (Lipinski definition) is 0. The Morgan fingerprint density at radius 3 is 2.04 bits per heavy atom. The number of rotatable bonds is 3. The predicted molar refractivity (Wildman–Crippen MR) is 194 cm³/mol. The van der Waals surface area contributed by atoms with E-state index >= 15 is 0 Å². The second-order valence-corrected chi connectivity index (χ2v) is 13.9. The second kappa shape index (κ2) is 10.3. The van der Waals surface area contributed by atoms with Crippen molar-refractivity contribution < 1.29 is 4.74 Å². The minimum Gasteiger partial charge on any atom is -0.458 e. The van der Waals surface area contributed by atoms with Gasteiger partial charge >= 0.3 is 0 Å². The highest BCUT2D eigenvalue weighted by Gasteiger charge is 2.43. The van der Waals surface area contributed by atoms with Crippen molar-refractivity contribution in [3.8, 4) is 33.8 Å². The molecule has 0 saturated carbocycles. The molecule has 1 atom stereocenters. The van der Waals surface area contributed by atoms with Crippen LogP contribution in [0.15, 0.2) is 133 Å². The summed E-state index contributed by atoms with van der Waals surface area (Å²) < 4.78 is 6.88. The van der Waals surface area contributed by atoms with Crippen molar-refractivity contribution in [1.29, 1.82) is 0 Å². The van der Waals surface area contributed by atoms with Crippen LogP contribution in [0.1, 0.15) is 50.7 Å². The Morgan fingerprint density at radius 1 is 0.630 bits per heavy atom. The number of nitrogens with zero attached hydrogens (tertiary/aromatic N) is 1. The van der Waals surface area contributed by atoms with Gasteiger partial charge in [-0.1, -0.05) is 118 Å². The Bertz CT molecular complexity index is 2120. The van der Waals surface area contributed by atoms with Gasteiger partial charge in [0.05, 0.1) is 0 Å². The molecule has 1 aliphatic carbocycles. The molecule has 0 fully saturated rings. The number of fused-ring (bicyclic) bond motifs is 5. The molecule has 46 heavy (non-hydrogen) atoms. The maximum atomic E-state index is 6.88. The Balaban J connectivity index is 1.27. The van der Waals surface area contributed by atoms with Gasteiger partial charge in [0, 0.05) is 17.1 Å². The summed E-state index contributed by atoms with van der Waals surface area (Å²) in [6.45, 7) is 7.26. The average molecular weight is 594 g/mol. The second-order valence-electron chi connectivity index (χ2n) is 13.9. The zero-order valence-electron chi connectivity index (χ0n) is 26.6. The topological polar surface area (TPSA) is 12.5 Å². The first-order valence-electron chi connectivity index (χ1n) is 16.6. The molecule has 0 aromatic heterocycles. The number of anilines is 3. The summed E-state index contributed by atoms with van der Waals surface area (Å²) in [7, 11) is 0. The van der Waals surface area contributed by atoms with E-state index in [4.69, 9.17) is 4.74 Å². The molecule has 2 nitrogen and oxygen atoms in total. The van der Waals surface area contributed by atoms with E-state index in [1.54, 1.807) is 0 Å². The summed E-state index contributed by atoms with van der Waals surface area (Å²) >= 11 is 0. The van der Waals surface area contributed by atoms with Crippen molar-refractivity contribution in [1.82, 2.24) is 0 Å². The van der Waals surface area contributed by atoms with Crippen molar-refractivity contribution in [2.75, 3.05) is 4.90 Å². The van der Waals surface area contributed by atoms with Gasteiger partial charge in [0.25, 0.3) is 6.71 Å². The van der Waals surface area contributed by atoms with E-state index in [2.05, 4.69) is 159 Å². The molecule has 3 heteroatoms. The van der Waals surface area contributed by atoms with E-state index in [1.807, 2.05) is 0 Å². The van der Waals surface area contributed by atoms with Crippen LogP contribution in [0.2, 0.25) is 0 Å². The van der Waals surface area contributed by atoms with Gasteiger partial charge < -0.3 is 9.64 Å². The largest absolute Gasteiger partial charge is 0.458 e. The maximum absolute atomic E-state index is 6.88. The van der Waals surface area contributed by atoms with Crippen LogP contribution in [0.4, 0.5) is 17.1 Å². The third-order valence-corrected chi connectivity index (χ3v) is 10.7. The molecule has 0 N–H and O–H groups in total. The van der Waals surface area contributed by atoms with Crippen LogP contribution >= 0.6 is 0 Å². The van der Waals surface area contributed by atoms with E-state index in [1.165, 1.54) is 74.0 Å². The zero-order valence-corrected chi connectivity index (χ0v) is 26.6. The number of ether oxygens (including phenoxy) is 1. The molecule has 0 radical (unpaired) electrons. The molecule has 6 aromatic carbocycles. The molecule has 9 rings (SSSR count). The fraction of sp³-hybridized carbons (Fsp3) is 0.163. The Morgan fingerprint density at radius 2 is 1.30 bits per heavy atom. The fourth-order valence-corrected chi connectivity index (χ4v) is 8.13. The van der Waals surface area contributed by atoms with E-state index in [9.17, 15) is 0 Å². The monoisotopic (exact) mass is 593 g/mol. The van der Waals surface area contributed by atoms with Crippen LogP contribution < -0.4 is 26.0 Å². The van der Waals surface area contributed by atoms with E-state index in [0.717, 1.165) is 17.2 Å². The van der Waals surface area contributed by atoms with Crippen molar-refractivity contribution in [3.63, 3.8) is 0 Å². The summed E-state index contributed by atoms with van der Waals surface area (Å²) in [4.78, 5) is 2.44. The normalized spacial score (nSPS) is 16.9. The summed E-state index contributed by atoms with van der Waals surface area (Å²) in [5, 5.41) is 0. The molecule has 2 aliphatic heterocycles. The van der Waals surface area contributed by atoms with Gasteiger partial charge in [-0.15, -0.1) is 0 Å². The Labute approximate surface area is 272 Å². The summed E-state index contributed by atoms with van der Waals surface area (Å²) in [6.07, 6.45) is 2.42. The van der Waals surface area contributed by atoms with Crippen LogP contribution in [0, 0.1) is 0 Å². The third-order valence-electron chi connectivity index (χ3n) is 10.7. The van der Waals surface area contributed by atoms with E-state index < -0.39 is 0 Å². The zero-order chi connectivity index (χ0) is 31.0. The fourth-order valence-electron chi connectivity index (χ4n) is 8.13. The van der Waals surface area contributed by atoms with Crippen molar-refractivity contribution in [3.05, 3.63) is 145 Å². The molecule has 3 aliphatic rings. The summed E-state index contributed by atoms with van der Waals surface area (Å²) in [6, 6.07) is 48.9. The predicted octanol–water partition coefficient (Wildman–Crippen LogP) is 9.60. The van der Waals surface area contributed by atoms with Gasteiger partial charge in [0.1, 0.15) is 11.5 Å². The van der Waals surface area contributed by atoms with Crippen molar-refractivity contribution >= 4 is 40.2 Å². The number of benzene rings is 6. The molecule has 0 spiro atoms. The standard InChI is InChI=1S/C43H36BNO/c1-28-23-24-43(2,3)35-27-41-37(26-34(28)35)44-36-25-32(30-13-8-5-9-14-30)19-22-38(36)45(39-15-10-16-40(46-41)42(39)44)33-20-17-31(18-21-33)29-11-6-4-7-12-29/h4-22,25-28H,23-24H2,1-3H3.